The number of carbonyl (C=O) groups is 1. The number of carbonyl (C=O) groups excluding carboxylic acids is 1. The number of anilines is 1. The first-order chi connectivity index (χ1) is 10.7. The summed E-state index contributed by atoms with van der Waals surface area (Å²) in [6.07, 6.45) is 3.83. The molecule has 1 aliphatic rings. The van der Waals surface area contributed by atoms with Crippen molar-refractivity contribution in [2.45, 2.75) is 19.8 Å². The minimum absolute atomic E-state index is 0.0637. The van der Waals surface area contributed by atoms with Crippen molar-refractivity contribution in [1.82, 2.24) is 4.98 Å². The Bertz CT molecular complexity index is 863. The Morgan fingerprint density at radius 3 is 2.82 bits per heavy atom. The third-order valence-corrected chi connectivity index (χ3v) is 5.84. The lowest BCUT2D eigenvalue weighted by molar-refractivity contribution is 0.103. The molecule has 22 heavy (non-hydrogen) atoms. The fraction of sp³-hybridized carbons (Fsp3) is 0.176. The van der Waals surface area contributed by atoms with Gasteiger partial charge in [-0.05, 0) is 42.5 Å². The summed E-state index contributed by atoms with van der Waals surface area (Å²) in [6, 6.07) is 10.5. The van der Waals surface area contributed by atoms with Crippen molar-refractivity contribution in [3.05, 3.63) is 57.4 Å². The van der Waals surface area contributed by atoms with Crippen LogP contribution in [-0.4, -0.2) is 10.9 Å². The molecular weight excluding hydrogens is 312 g/mol. The molecule has 0 radical (unpaired) electrons. The van der Waals surface area contributed by atoms with Crippen LogP contribution >= 0.6 is 22.7 Å². The lowest BCUT2D eigenvalue weighted by Gasteiger charge is -2.15. The Morgan fingerprint density at radius 1 is 1.18 bits per heavy atom. The molecule has 5 heteroatoms. The zero-order chi connectivity index (χ0) is 15.1. The van der Waals surface area contributed by atoms with Crippen LogP contribution in [0.3, 0.4) is 0 Å². The number of aryl methyl sites for hydroxylation is 3. The SMILES string of the molecule is Cc1cnc(NC(=O)c2cc3c(s2)-c2ccccc2CC3)s1. The summed E-state index contributed by atoms with van der Waals surface area (Å²) in [7, 11) is 0. The Hall–Kier alpha value is -1.98. The highest BCUT2D eigenvalue weighted by Gasteiger charge is 2.21. The number of aromatic nitrogens is 1. The van der Waals surface area contributed by atoms with E-state index in [1.54, 1.807) is 17.5 Å². The average molecular weight is 326 g/mol. The highest BCUT2D eigenvalue weighted by molar-refractivity contribution is 7.18. The van der Waals surface area contributed by atoms with Gasteiger partial charge in [0.25, 0.3) is 5.91 Å². The van der Waals surface area contributed by atoms with E-state index < -0.39 is 0 Å². The Kier molecular flexibility index (Phi) is 3.32. The second-order valence-corrected chi connectivity index (χ2v) is 7.64. The molecule has 110 valence electrons. The second kappa shape index (κ2) is 5.34. The summed E-state index contributed by atoms with van der Waals surface area (Å²) in [5.41, 5.74) is 3.93. The molecule has 3 nitrogen and oxygen atoms in total. The second-order valence-electron chi connectivity index (χ2n) is 5.35. The maximum atomic E-state index is 12.4. The van der Waals surface area contributed by atoms with Gasteiger partial charge in [0, 0.05) is 16.0 Å². The molecule has 0 bridgehead atoms. The molecule has 0 saturated heterocycles. The largest absolute Gasteiger partial charge is 0.297 e. The number of nitrogens with one attached hydrogen (secondary N) is 1. The van der Waals surface area contributed by atoms with Crippen LogP contribution in [0.2, 0.25) is 0 Å². The van der Waals surface area contributed by atoms with Crippen LogP contribution in [-0.2, 0) is 12.8 Å². The van der Waals surface area contributed by atoms with Crippen LogP contribution in [0.15, 0.2) is 36.5 Å². The number of hydrogen-bond acceptors (Lipinski definition) is 4. The Balaban J connectivity index is 1.65. The van der Waals surface area contributed by atoms with E-state index in [1.165, 1.54) is 32.9 Å². The van der Waals surface area contributed by atoms with Crippen LogP contribution in [0, 0.1) is 6.92 Å². The van der Waals surface area contributed by atoms with Crippen LogP contribution in [0.5, 0.6) is 0 Å². The number of rotatable bonds is 2. The molecule has 1 aromatic carbocycles. The molecule has 2 heterocycles. The van der Waals surface area contributed by atoms with Gasteiger partial charge in [0.2, 0.25) is 0 Å². The summed E-state index contributed by atoms with van der Waals surface area (Å²) < 4.78 is 0. The Labute approximate surface area is 136 Å². The molecular formula is C17H14N2OS2. The molecule has 1 amide bonds. The van der Waals surface area contributed by atoms with E-state index in [4.69, 9.17) is 0 Å². The fourth-order valence-electron chi connectivity index (χ4n) is 2.75. The van der Waals surface area contributed by atoms with Gasteiger partial charge in [-0.1, -0.05) is 24.3 Å². The summed E-state index contributed by atoms with van der Waals surface area (Å²) in [5.74, 6) is -0.0637. The van der Waals surface area contributed by atoms with Gasteiger partial charge in [-0.2, -0.15) is 0 Å². The van der Waals surface area contributed by atoms with E-state index in [0.29, 0.717) is 5.13 Å². The first kappa shape index (κ1) is 13.7. The number of nitrogens with zero attached hydrogens (tertiary/aromatic N) is 1. The zero-order valence-electron chi connectivity index (χ0n) is 12.1. The topological polar surface area (TPSA) is 42.0 Å². The van der Waals surface area contributed by atoms with Gasteiger partial charge < -0.3 is 0 Å². The summed E-state index contributed by atoms with van der Waals surface area (Å²) in [5, 5.41) is 3.55. The van der Waals surface area contributed by atoms with Crippen molar-refractivity contribution in [3.8, 4) is 10.4 Å². The molecule has 2 aromatic heterocycles. The monoisotopic (exact) mass is 326 g/mol. The molecule has 4 rings (SSSR count). The summed E-state index contributed by atoms with van der Waals surface area (Å²) in [6.45, 7) is 1.98. The fourth-order valence-corrected chi connectivity index (χ4v) is 4.58. The molecule has 0 spiro atoms. The van der Waals surface area contributed by atoms with Crippen molar-refractivity contribution in [3.63, 3.8) is 0 Å². The summed E-state index contributed by atoms with van der Waals surface area (Å²) >= 11 is 3.07. The van der Waals surface area contributed by atoms with Crippen molar-refractivity contribution < 1.29 is 4.79 Å². The van der Waals surface area contributed by atoms with Crippen molar-refractivity contribution in [2.24, 2.45) is 0 Å². The predicted molar refractivity (Wildman–Crippen MR) is 92.0 cm³/mol. The van der Waals surface area contributed by atoms with Crippen molar-refractivity contribution in [2.75, 3.05) is 5.32 Å². The normalized spacial score (nSPS) is 12.6. The zero-order valence-corrected chi connectivity index (χ0v) is 13.7. The van der Waals surface area contributed by atoms with Gasteiger partial charge in [0.05, 0.1) is 4.88 Å². The number of amides is 1. The van der Waals surface area contributed by atoms with Crippen molar-refractivity contribution >= 4 is 33.7 Å². The minimum atomic E-state index is -0.0637. The molecule has 1 aliphatic carbocycles. The molecule has 0 saturated carbocycles. The number of benzene rings is 1. The number of hydrogen-bond donors (Lipinski definition) is 1. The minimum Gasteiger partial charge on any atom is -0.297 e. The van der Waals surface area contributed by atoms with E-state index in [2.05, 4.69) is 34.6 Å². The van der Waals surface area contributed by atoms with E-state index in [9.17, 15) is 4.79 Å². The predicted octanol–water partition coefficient (Wildman–Crippen LogP) is 4.53. The standard InChI is InChI=1S/C17H14N2OS2/c1-10-9-18-17(21-10)19-16(20)14-8-12-7-6-11-4-2-3-5-13(11)15(12)22-14/h2-5,8-9H,6-7H2,1H3,(H,18,19,20). The number of thiophene rings is 1. The van der Waals surface area contributed by atoms with Gasteiger partial charge in [-0.25, -0.2) is 4.98 Å². The highest BCUT2D eigenvalue weighted by atomic mass is 32.1. The Morgan fingerprint density at radius 2 is 2.00 bits per heavy atom. The first-order valence-electron chi connectivity index (χ1n) is 7.15. The van der Waals surface area contributed by atoms with Gasteiger partial charge in [-0.15, -0.1) is 22.7 Å². The first-order valence-corrected chi connectivity index (χ1v) is 8.79. The van der Waals surface area contributed by atoms with Gasteiger partial charge >= 0.3 is 0 Å². The van der Waals surface area contributed by atoms with Gasteiger partial charge in [0.15, 0.2) is 5.13 Å². The smallest absolute Gasteiger partial charge is 0.267 e. The lowest BCUT2D eigenvalue weighted by atomic mass is 9.91. The number of fused-ring (bicyclic) bond motifs is 3. The average Bonchev–Trinajstić information content (AvgIpc) is 3.13. The lowest BCUT2D eigenvalue weighted by Crippen LogP contribution is -2.09. The molecule has 3 aromatic rings. The number of thiazole rings is 1. The molecule has 0 unspecified atom stereocenters. The van der Waals surface area contributed by atoms with Crippen molar-refractivity contribution in [1.29, 1.82) is 0 Å². The van der Waals surface area contributed by atoms with Gasteiger partial charge in [-0.3, -0.25) is 10.1 Å². The molecule has 1 N–H and O–H groups in total. The van der Waals surface area contributed by atoms with E-state index in [1.807, 2.05) is 13.0 Å². The van der Waals surface area contributed by atoms with Crippen LogP contribution < -0.4 is 5.32 Å². The van der Waals surface area contributed by atoms with Crippen LogP contribution in [0.25, 0.3) is 10.4 Å². The maximum Gasteiger partial charge on any atom is 0.267 e. The molecule has 0 aliphatic heterocycles. The van der Waals surface area contributed by atoms with Gasteiger partial charge in [0.1, 0.15) is 0 Å². The third-order valence-electron chi connectivity index (χ3n) is 3.80. The van der Waals surface area contributed by atoms with Crippen LogP contribution in [0.1, 0.15) is 25.7 Å². The molecule has 0 fully saturated rings. The van der Waals surface area contributed by atoms with Crippen LogP contribution in [0.4, 0.5) is 5.13 Å². The molecule has 0 atom stereocenters. The highest BCUT2D eigenvalue weighted by Crippen LogP contribution is 2.39. The quantitative estimate of drug-likeness (QED) is 0.751. The summed E-state index contributed by atoms with van der Waals surface area (Å²) in [4.78, 5) is 19.7. The third kappa shape index (κ3) is 2.36. The maximum absolute atomic E-state index is 12.4. The van der Waals surface area contributed by atoms with E-state index in [-0.39, 0.29) is 5.91 Å². The van der Waals surface area contributed by atoms with E-state index in [0.717, 1.165) is 22.6 Å². The van der Waals surface area contributed by atoms with E-state index >= 15 is 0 Å².